The van der Waals surface area contributed by atoms with E-state index < -0.39 is 6.10 Å². The summed E-state index contributed by atoms with van der Waals surface area (Å²) < 4.78 is 10.8. The zero-order valence-electron chi connectivity index (χ0n) is 12.6. The fourth-order valence-corrected chi connectivity index (χ4v) is 2.19. The molecule has 1 aromatic carbocycles. The zero-order valence-corrected chi connectivity index (χ0v) is 12.6. The Hall–Kier alpha value is -1.91. The molecule has 0 saturated heterocycles. The minimum absolute atomic E-state index is 0.0694. The van der Waals surface area contributed by atoms with Gasteiger partial charge in [0.15, 0.2) is 0 Å². The lowest BCUT2D eigenvalue weighted by atomic mass is 9.98. The lowest BCUT2D eigenvalue weighted by Gasteiger charge is -2.17. The number of hydrogen-bond acceptors (Lipinski definition) is 4. The Morgan fingerprint density at radius 1 is 1.19 bits per heavy atom. The first-order chi connectivity index (χ1) is 10.1. The smallest absolute Gasteiger partial charge is 0.138 e. The largest absolute Gasteiger partial charge is 0.489 e. The van der Waals surface area contributed by atoms with E-state index in [9.17, 15) is 5.11 Å². The maximum absolute atomic E-state index is 10.6. The fourth-order valence-electron chi connectivity index (χ4n) is 2.19. The van der Waals surface area contributed by atoms with Crippen LogP contribution >= 0.6 is 0 Å². The molecule has 0 fully saturated rings. The van der Waals surface area contributed by atoms with Gasteiger partial charge in [0.25, 0.3) is 0 Å². The van der Waals surface area contributed by atoms with Crippen molar-refractivity contribution >= 4 is 0 Å². The van der Waals surface area contributed by atoms with Crippen LogP contribution in [0, 0.1) is 0 Å². The summed E-state index contributed by atoms with van der Waals surface area (Å²) in [5.74, 6) is 0.658. The Morgan fingerprint density at radius 3 is 2.67 bits per heavy atom. The number of aliphatic hydroxyl groups excluding tert-OH is 1. The fraction of sp³-hybridized carbons (Fsp3) is 0.353. The molecule has 4 nitrogen and oxygen atoms in total. The summed E-state index contributed by atoms with van der Waals surface area (Å²) in [6, 6.07) is 9.50. The third kappa shape index (κ3) is 4.03. The Bertz CT molecular complexity index is 584. The average molecular weight is 287 g/mol. The lowest BCUT2D eigenvalue weighted by Crippen LogP contribution is -2.08. The zero-order chi connectivity index (χ0) is 15.2. The molecule has 0 bridgehead atoms. The van der Waals surface area contributed by atoms with Gasteiger partial charge in [0, 0.05) is 18.9 Å². The number of pyridine rings is 1. The molecule has 21 heavy (non-hydrogen) atoms. The summed E-state index contributed by atoms with van der Waals surface area (Å²) in [5, 5.41) is 10.6. The van der Waals surface area contributed by atoms with Gasteiger partial charge in [-0.15, -0.1) is 0 Å². The van der Waals surface area contributed by atoms with Crippen LogP contribution in [0.25, 0.3) is 0 Å². The van der Waals surface area contributed by atoms with Gasteiger partial charge in [-0.05, 0) is 31.0 Å². The lowest BCUT2D eigenvalue weighted by molar-refractivity contribution is 0.176. The van der Waals surface area contributed by atoms with E-state index in [2.05, 4.69) is 4.98 Å². The second-order valence-electron chi connectivity index (χ2n) is 5.15. The summed E-state index contributed by atoms with van der Waals surface area (Å²) in [4.78, 5) is 4.14. The normalized spacial score (nSPS) is 12.4. The molecule has 0 aliphatic carbocycles. The van der Waals surface area contributed by atoms with E-state index >= 15 is 0 Å². The summed E-state index contributed by atoms with van der Waals surface area (Å²) >= 11 is 0. The average Bonchev–Trinajstić information content (AvgIpc) is 2.47. The molecule has 0 aliphatic rings. The van der Waals surface area contributed by atoms with Crippen LogP contribution in [0.2, 0.25) is 0 Å². The van der Waals surface area contributed by atoms with Gasteiger partial charge in [-0.1, -0.05) is 24.3 Å². The standard InChI is InChI=1S/C17H21NO3/c1-12(2)21-15-8-14(9-18-10-15)17(19)16-7-5-4-6-13(16)11-20-3/h4-10,12,17,19H,11H2,1-3H3. The van der Waals surface area contributed by atoms with Crippen molar-refractivity contribution in [3.8, 4) is 5.75 Å². The van der Waals surface area contributed by atoms with Gasteiger partial charge in [-0.2, -0.15) is 0 Å². The predicted molar refractivity (Wildman–Crippen MR) is 81.2 cm³/mol. The second kappa shape index (κ2) is 7.20. The number of nitrogens with zero attached hydrogens (tertiary/aromatic N) is 1. The maximum atomic E-state index is 10.6. The quantitative estimate of drug-likeness (QED) is 0.887. The first-order valence-corrected chi connectivity index (χ1v) is 6.98. The van der Waals surface area contributed by atoms with Crippen molar-refractivity contribution in [2.45, 2.75) is 32.7 Å². The molecule has 1 atom stereocenters. The van der Waals surface area contributed by atoms with E-state index in [1.165, 1.54) is 0 Å². The monoisotopic (exact) mass is 287 g/mol. The van der Waals surface area contributed by atoms with Crippen molar-refractivity contribution in [3.05, 3.63) is 59.4 Å². The van der Waals surface area contributed by atoms with Crippen LogP contribution in [0.15, 0.2) is 42.7 Å². The molecule has 0 radical (unpaired) electrons. The highest BCUT2D eigenvalue weighted by atomic mass is 16.5. The van der Waals surface area contributed by atoms with Gasteiger partial charge in [-0.25, -0.2) is 0 Å². The molecule has 112 valence electrons. The highest BCUT2D eigenvalue weighted by molar-refractivity contribution is 5.36. The van der Waals surface area contributed by atoms with Crippen LogP contribution in [0.4, 0.5) is 0 Å². The van der Waals surface area contributed by atoms with Crippen LogP contribution in [-0.2, 0) is 11.3 Å². The topological polar surface area (TPSA) is 51.6 Å². The molecule has 0 spiro atoms. The van der Waals surface area contributed by atoms with Crippen LogP contribution in [0.5, 0.6) is 5.75 Å². The van der Waals surface area contributed by atoms with Crippen LogP contribution in [0.3, 0.4) is 0 Å². The number of aromatic nitrogens is 1. The van der Waals surface area contributed by atoms with Gasteiger partial charge < -0.3 is 14.6 Å². The summed E-state index contributed by atoms with van der Waals surface area (Å²) in [7, 11) is 1.64. The van der Waals surface area contributed by atoms with Crippen LogP contribution < -0.4 is 4.74 Å². The SMILES string of the molecule is COCc1ccccc1C(O)c1cncc(OC(C)C)c1. The number of aliphatic hydroxyl groups is 1. The van der Waals surface area contributed by atoms with Crippen molar-refractivity contribution in [1.82, 2.24) is 4.98 Å². The molecule has 1 unspecified atom stereocenters. The molecule has 0 aliphatic heterocycles. The van der Waals surface area contributed by atoms with Crippen molar-refractivity contribution in [1.29, 1.82) is 0 Å². The molecule has 1 aromatic heterocycles. The van der Waals surface area contributed by atoms with Gasteiger partial charge >= 0.3 is 0 Å². The first-order valence-electron chi connectivity index (χ1n) is 6.98. The Kier molecular flexibility index (Phi) is 5.31. The van der Waals surface area contributed by atoms with Crippen molar-refractivity contribution in [2.24, 2.45) is 0 Å². The summed E-state index contributed by atoms with van der Waals surface area (Å²) in [6.45, 7) is 4.37. The Balaban J connectivity index is 2.29. The molecule has 1 N–H and O–H groups in total. The number of methoxy groups -OCH3 is 1. The van der Waals surface area contributed by atoms with E-state index in [0.717, 1.165) is 11.1 Å². The highest BCUT2D eigenvalue weighted by Crippen LogP contribution is 2.27. The Labute approximate surface area is 125 Å². The van der Waals surface area contributed by atoms with Crippen LogP contribution in [0.1, 0.15) is 36.6 Å². The molecule has 4 heteroatoms. The van der Waals surface area contributed by atoms with Crippen molar-refractivity contribution in [2.75, 3.05) is 7.11 Å². The van der Waals surface area contributed by atoms with E-state index in [4.69, 9.17) is 9.47 Å². The van der Waals surface area contributed by atoms with E-state index in [1.807, 2.05) is 44.2 Å². The number of rotatable bonds is 6. The molecular formula is C17H21NO3. The molecule has 2 aromatic rings. The summed E-state index contributed by atoms with van der Waals surface area (Å²) in [6.07, 6.45) is 2.62. The third-order valence-electron chi connectivity index (χ3n) is 3.07. The van der Waals surface area contributed by atoms with Crippen molar-refractivity contribution in [3.63, 3.8) is 0 Å². The second-order valence-corrected chi connectivity index (χ2v) is 5.15. The number of benzene rings is 1. The van der Waals surface area contributed by atoms with E-state index in [0.29, 0.717) is 17.9 Å². The van der Waals surface area contributed by atoms with E-state index in [-0.39, 0.29) is 6.10 Å². The first kappa shape index (κ1) is 15.5. The highest BCUT2D eigenvalue weighted by Gasteiger charge is 2.15. The summed E-state index contributed by atoms with van der Waals surface area (Å²) in [5.41, 5.74) is 2.49. The van der Waals surface area contributed by atoms with Gasteiger partial charge in [0.2, 0.25) is 0 Å². The molecular weight excluding hydrogens is 266 g/mol. The minimum atomic E-state index is -0.750. The Morgan fingerprint density at radius 2 is 1.95 bits per heavy atom. The minimum Gasteiger partial charge on any atom is -0.489 e. The molecule has 0 amide bonds. The number of ether oxygens (including phenoxy) is 2. The van der Waals surface area contributed by atoms with Gasteiger partial charge in [0.05, 0.1) is 18.9 Å². The predicted octanol–water partition coefficient (Wildman–Crippen LogP) is 3.10. The van der Waals surface area contributed by atoms with E-state index in [1.54, 1.807) is 19.5 Å². The van der Waals surface area contributed by atoms with Gasteiger partial charge in [0.1, 0.15) is 11.9 Å². The molecule has 1 heterocycles. The molecule has 2 rings (SSSR count). The van der Waals surface area contributed by atoms with Crippen LogP contribution in [-0.4, -0.2) is 23.3 Å². The number of hydrogen-bond donors (Lipinski definition) is 1. The maximum Gasteiger partial charge on any atom is 0.138 e. The third-order valence-corrected chi connectivity index (χ3v) is 3.07. The van der Waals surface area contributed by atoms with Crippen molar-refractivity contribution < 1.29 is 14.6 Å². The molecule has 0 saturated carbocycles. The van der Waals surface area contributed by atoms with Gasteiger partial charge in [-0.3, -0.25) is 4.98 Å².